The fourth-order valence-electron chi connectivity index (χ4n) is 10.0. The van der Waals surface area contributed by atoms with Crippen molar-refractivity contribution in [3.8, 4) is 67.5 Å². The third-order valence-electron chi connectivity index (χ3n) is 13.2. The molecule has 0 fully saturated rings. The smallest absolute Gasteiger partial charge is 0.235 e. The van der Waals surface area contributed by atoms with Crippen LogP contribution in [0.1, 0.15) is 0 Å². The van der Waals surface area contributed by atoms with Crippen molar-refractivity contribution < 1.29 is 0 Å². The molecule has 4 nitrogen and oxygen atoms in total. The Hall–Kier alpha value is -8.86. The van der Waals surface area contributed by atoms with Crippen LogP contribution in [0.2, 0.25) is 0 Å². The van der Waals surface area contributed by atoms with Crippen LogP contribution in [0.5, 0.6) is 0 Å². The first-order valence-corrected chi connectivity index (χ1v) is 22.5. The molecule has 0 aliphatic carbocycles. The number of nitrogens with zero attached hydrogens (tertiary/aromatic N) is 4. The lowest BCUT2D eigenvalue weighted by Crippen LogP contribution is -2.04. The summed E-state index contributed by atoms with van der Waals surface area (Å²) in [6.07, 6.45) is 0. The molecule has 3 aromatic heterocycles. The fourth-order valence-corrected chi connectivity index (χ4v) is 10.0. The molecule has 3 heterocycles. The van der Waals surface area contributed by atoms with Gasteiger partial charge in [-0.05, 0) is 98.8 Å². The van der Waals surface area contributed by atoms with Crippen molar-refractivity contribution in [3.05, 3.63) is 243 Å². The minimum atomic E-state index is 0.631. The summed E-state index contributed by atoms with van der Waals surface area (Å²) in [6, 6.07) is 87.0. The minimum absolute atomic E-state index is 0.631. The highest BCUT2D eigenvalue weighted by atomic mass is 15.2. The third-order valence-corrected chi connectivity index (χ3v) is 13.2. The Kier molecular flexibility index (Phi) is 8.81. The van der Waals surface area contributed by atoms with Gasteiger partial charge in [0.1, 0.15) is 0 Å². The van der Waals surface area contributed by atoms with Crippen LogP contribution in [0.25, 0.3) is 122 Å². The molecule has 0 radical (unpaired) electrons. The monoisotopic (exact) mass is 840 g/mol. The van der Waals surface area contributed by atoms with Gasteiger partial charge in [-0.1, -0.05) is 188 Å². The van der Waals surface area contributed by atoms with Gasteiger partial charge < -0.3 is 4.57 Å². The normalized spacial score (nSPS) is 11.6. The molecule has 10 aromatic carbocycles. The van der Waals surface area contributed by atoms with Gasteiger partial charge in [0, 0.05) is 38.4 Å². The van der Waals surface area contributed by atoms with Crippen LogP contribution >= 0.6 is 0 Å². The lowest BCUT2D eigenvalue weighted by Gasteiger charge is -2.12. The van der Waals surface area contributed by atoms with Crippen molar-refractivity contribution in [1.82, 2.24) is 19.1 Å². The van der Waals surface area contributed by atoms with E-state index in [-0.39, 0.29) is 0 Å². The van der Waals surface area contributed by atoms with Gasteiger partial charge in [-0.25, -0.2) is 9.97 Å². The van der Waals surface area contributed by atoms with Crippen molar-refractivity contribution in [1.29, 1.82) is 0 Å². The van der Waals surface area contributed by atoms with Crippen LogP contribution in [-0.2, 0) is 0 Å². The molecule has 4 heteroatoms. The molecular formula is C62H40N4. The van der Waals surface area contributed by atoms with Gasteiger partial charge in [0.15, 0.2) is 0 Å². The molecule has 0 saturated heterocycles. The summed E-state index contributed by atoms with van der Waals surface area (Å²) in [4.78, 5) is 10.7. The van der Waals surface area contributed by atoms with Gasteiger partial charge in [-0.15, -0.1) is 0 Å². The van der Waals surface area contributed by atoms with E-state index in [1.807, 2.05) is 12.1 Å². The lowest BCUT2D eigenvalue weighted by molar-refractivity contribution is 0.996. The molecule has 0 aliphatic rings. The van der Waals surface area contributed by atoms with E-state index >= 15 is 0 Å². The largest absolute Gasteiger partial charge is 0.309 e. The number of rotatable bonds is 7. The molecule has 0 saturated carbocycles. The zero-order chi connectivity index (χ0) is 43.6. The van der Waals surface area contributed by atoms with E-state index < -0.39 is 0 Å². The molecule has 308 valence electrons. The molecule has 0 N–H and O–H groups in total. The number of fused-ring (bicyclic) bond motifs is 9. The van der Waals surface area contributed by atoms with Crippen molar-refractivity contribution >= 4 is 54.4 Å². The number of benzene rings is 10. The van der Waals surface area contributed by atoms with Crippen LogP contribution in [0.3, 0.4) is 0 Å². The van der Waals surface area contributed by atoms with Crippen LogP contribution in [0, 0.1) is 0 Å². The Morgan fingerprint density at radius 3 is 1.05 bits per heavy atom. The highest BCUT2D eigenvalue weighted by Crippen LogP contribution is 2.44. The zero-order valence-electron chi connectivity index (χ0n) is 35.9. The first-order valence-electron chi connectivity index (χ1n) is 22.5. The van der Waals surface area contributed by atoms with Crippen molar-refractivity contribution in [2.24, 2.45) is 0 Å². The summed E-state index contributed by atoms with van der Waals surface area (Å²) in [5.74, 6) is 0.631. The average molecular weight is 841 g/mol. The van der Waals surface area contributed by atoms with Crippen LogP contribution in [-0.4, -0.2) is 19.1 Å². The predicted molar refractivity (Wildman–Crippen MR) is 275 cm³/mol. The van der Waals surface area contributed by atoms with Crippen LogP contribution in [0.15, 0.2) is 243 Å². The maximum absolute atomic E-state index is 5.37. The molecule has 0 aliphatic heterocycles. The Labute approximate surface area is 382 Å². The van der Waals surface area contributed by atoms with E-state index in [2.05, 4.69) is 240 Å². The van der Waals surface area contributed by atoms with E-state index in [0.29, 0.717) is 5.95 Å². The molecular weight excluding hydrogens is 801 g/mol. The SMILES string of the molecule is c1ccc(-c2ccc(-n3c4ccc(-c5ccccc5)cc4c4c5ccc6c(c5ccc43)c3cc(-c4ccccc4)ccc3n6-c3nc(-c4ccccc4)cc(-c4ccccc4)n3)cc2)cc1. The number of hydrogen-bond acceptors (Lipinski definition) is 2. The summed E-state index contributed by atoms with van der Waals surface area (Å²) in [6.45, 7) is 0. The van der Waals surface area contributed by atoms with Crippen LogP contribution in [0.4, 0.5) is 0 Å². The lowest BCUT2D eigenvalue weighted by atomic mass is 9.97. The van der Waals surface area contributed by atoms with Crippen molar-refractivity contribution in [3.63, 3.8) is 0 Å². The summed E-state index contributed by atoms with van der Waals surface area (Å²) in [7, 11) is 0. The highest BCUT2D eigenvalue weighted by Gasteiger charge is 2.22. The Bertz CT molecular complexity index is 3870. The minimum Gasteiger partial charge on any atom is -0.309 e. The topological polar surface area (TPSA) is 35.6 Å². The van der Waals surface area contributed by atoms with E-state index in [0.717, 1.165) is 61.2 Å². The highest BCUT2D eigenvalue weighted by molar-refractivity contribution is 6.30. The standard InChI is InChI=1S/C62H40N4/c1-6-16-41(17-7-1)44-26-30-49(31-27-44)65-56-34-28-47(42-18-8-2-9-19-42)38-52(56)60-50-33-37-59-61(51(50)32-36-58(60)65)53-39-48(43-20-10-3-11-21-43)29-35-57(53)66(59)62-63-54(45-22-12-4-13-23-45)40-55(64-62)46-24-14-5-15-25-46/h1-40H. The molecule has 66 heavy (non-hydrogen) atoms. The molecule has 0 amide bonds. The fraction of sp³-hybridized carbons (Fsp3) is 0. The van der Waals surface area contributed by atoms with Gasteiger partial charge in [0.2, 0.25) is 5.95 Å². The van der Waals surface area contributed by atoms with E-state index in [1.165, 1.54) is 54.7 Å². The number of aromatic nitrogens is 4. The van der Waals surface area contributed by atoms with E-state index in [1.54, 1.807) is 0 Å². The van der Waals surface area contributed by atoms with Gasteiger partial charge in [-0.2, -0.15) is 0 Å². The zero-order valence-corrected chi connectivity index (χ0v) is 35.9. The summed E-state index contributed by atoms with van der Waals surface area (Å²) in [5.41, 5.74) is 16.5. The van der Waals surface area contributed by atoms with Crippen molar-refractivity contribution in [2.75, 3.05) is 0 Å². The maximum atomic E-state index is 5.37. The van der Waals surface area contributed by atoms with E-state index in [4.69, 9.17) is 9.97 Å². The van der Waals surface area contributed by atoms with Crippen molar-refractivity contribution in [2.45, 2.75) is 0 Å². The molecule has 0 spiro atoms. The van der Waals surface area contributed by atoms with Crippen LogP contribution < -0.4 is 0 Å². The summed E-state index contributed by atoms with van der Waals surface area (Å²) >= 11 is 0. The third kappa shape index (κ3) is 6.22. The molecule has 0 unspecified atom stereocenters. The molecule has 0 atom stereocenters. The molecule has 0 bridgehead atoms. The quantitative estimate of drug-likeness (QED) is 0.160. The first kappa shape index (κ1) is 37.7. The summed E-state index contributed by atoms with van der Waals surface area (Å²) in [5, 5.41) is 7.13. The molecule has 13 rings (SSSR count). The van der Waals surface area contributed by atoms with Gasteiger partial charge in [0.25, 0.3) is 0 Å². The second-order valence-corrected chi connectivity index (χ2v) is 17.0. The Balaban J connectivity index is 1.11. The second-order valence-electron chi connectivity index (χ2n) is 17.0. The van der Waals surface area contributed by atoms with Gasteiger partial charge >= 0.3 is 0 Å². The maximum Gasteiger partial charge on any atom is 0.235 e. The van der Waals surface area contributed by atoms with Gasteiger partial charge in [-0.3, -0.25) is 4.57 Å². The first-order chi connectivity index (χ1) is 32.7. The van der Waals surface area contributed by atoms with E-state index in [9.17, 15) is 0 Å². The predicted octanol–water partition coefficient (Wildman–Crippen LogP) is 16.2. The average Bonchev–Trinajstić information content (AvgIpc) is 3.92. The molecule has 13 aromatic rings. The number of hydrogen-bond donors (Lipinski definition) is 0. The second kappa shape index (κ2) is 15.4. The van der Waals surface area contributed by atoms with Gasteiger partial charge in [0.05, 0.1) is 33.5 Å². The summed E-state index contributed by atoms with van der Waals surface area (Å²) < 4.78 is 4.70. The Morgan fingerprint density at radius 1 is 0.242 bits per heavy atom. The Morgan fingerprint density at radius 2 is 0.591 bits per heavy atom.